The summed E-state index contributed by atoms with van der Waals surface area (Å²) in [4.78, 5) is 3.53. The van der Waals surface area contributed by atoms with Crippen molar-refractivity contribution >= 4 is 43.4 Å². The molecule has 0 radical (unpaired) electrons. The van der Waals surface area contributed by atoms with Crippen molar-refractivity contribution in [2.24, 2.45) is 0 Å². The number of hydrogen-bond acceptors (Lipinski definition) is 0. The van der Waals surface area contributed by atoms with E-state index in [9.17, 15) is 0 Å². The summed E-state index contributed by atoms with van der Waals surface area (Å²) >= 11 is 0. The maximum absolute atomic E-state index is 3.53. The van der Waals surface area contributed by atoms with Gasteiger partial charge in [-0.1, -0.05) is 72.8 Å². The Bertz CT molecular complexity index is 1420. The van der Waals surface area contributed by atoms with Crippen LogP contribution < -0.4 is 0 Å². The normalized spacial score (nSPS) is 11.7. The van der Waals surface area contributed by atoms with Crippen molar-refractivity contribution in [1.29, 1.82) is 0 Å². The fourth-order valence-corrected chi connectivity index (χ4v) is 4.33. The number of rotatable bonds is 1. The van der Waals surface area contributed by atoms with Crippen molar-refractivity contribution in [1.82, 2.24) is 4.98 Å². The first-order valence-corrected chi connectivity index (χ1v) is 9.30. The molecular formula is C26H17N. The second-order valence-corrected chi connectivity index (χ2v) is 7.12. The van der Waals surface area contributed by atoms with E-state index in [2.05, 4.69) is 102 Å². The molecule has 1 N–H and O–H groups in total. The molecular weight excluding hydrogens is 326 g/mol. The van der Waals surface area contributed by atoms with E-state index in [1.54, 1.807) is 0 Å². The highest BCUT2D eigenvalue weighted by molar-refractivity contribution is 6.15. The summed E-state index contributed by atoms with van der Waals surface area (Å²) in [5, 5.41) is 7.72. The van der Waals surface area contributed by atoms with Crippen molar-refractivity contribution < 1.29 is 0 Å². The maximum atomic E-state index is 3.53. The van der Waals surface area contributed by atoms with Gasteiger partial charge < -0.3 is 4.98 Å². The summed E-state index contributed by atoms with van der Waals surface area (Å²) in [5.74, 6) is 0. The Hall–Kier alpha value is -3.58. The van der Waals surface area contributed by atoms with Gasteiger partial charge in [0.1, 0.15) is 0 Å². The number of benzene rings is 5. The van der Waals surface area contributed by atoms with E-state index in [1.165, 1.54) is 54.5 Å². The average molecular weight is 343 g/mol. The van der Waals surface area contributed by atoms with E-state index in [0.717, 1.165) is 0 Å². The van der Waals surface area contributed by atoms with Crippen LogP contribution in [0.25, 0.3) is 54.5 Å². The number of H-pyrrole nitrogens is 1. The SMILES string of the molecule is c1ccc2c(-c3ccc4[nH]c5ccccc5c4c3)c3ccccc3cc2c1. The van der Waals surface area contributed by atoms with Gasteiger partial charge in [-0.05, 0) is 56.9 Å². The predicted molar refractivity (Wildman–Crippen MR) is 116 cm³/mol. The molecule has 6 aromatic rings. The van der Waals surface area contributed by atoms with Crippen molar-refractivity contribution in [2.45, 2.75) is 0 Å². The van der Waals surface area contributed by atoms with Gasteiger partial charge in [0, 0.05) is 21.8 Å². The third-order valence-corrected chi connectivity index (χ3v) is 5.57. The van der Waals surface area contributed by atoms with Crippen molar-refractivity contribution in [3.8, 4) is 11.1 Å². The summed E-state index contributed by atoms with van der Waals surface area (Å²) < 4.78 is 0. The van der Waals surface area contributed by atoms with Crippen molar-refractivity contribution in [3.05, 3.63) is 97.1 Å². The molecule has 5 aromatic carbocycles. The summed E-state index contributed by atoms with van der Waals surface area (Å²) in [6, 6.07) is 35.0. The highest BCUT2D eigenvalue weighted by Gasteiger charge is 2.11. The van der Waals surface area contributed by atoms with Gasteiger partial charge in [-0.15, -0.1) is 0 Å². The minimum Gasteiger partial charge on any atom is -0.355 e. The van der Waals surface area contributed by atoms with Crippen LogP contribution in [0.4, 0.5) is 0 Å². The van der Waals surface area contributed by atoms with Gasteiger partial charge in [-0.3, -0.25) is 0 Å². The fraction of sp³-hybridized carbons (Fsp3) is 0. The largest absolute Gasteiger partial charge is 0.355 e. The van der Waals surface area contributed by atoms with Crippen LogP contribution in [0.1, 0.15) is 0 Å². The lowest BCUT2D eigenvalue weighted by atomic mass is 9.91. The lowest BCUT2D eigenvalue weighted by Gasteiger charge is -2.12. The Morgan fingerprint density at radius 2 is 1.04 bits per heavy atom. The zero-order valence-corrected chi connectivity index (χ0v) is 14.7. The van der Waals surface area contributed by atoms with Crippen LogP contribution in [0.3, 0.4) is 0 Å². The van der Waals surface area contributed by atoms with E-state index < -0.39 is 0 Å². The maximum Gasteiger partial charge on any atom is 0.0465 e. The van der Waals surface area contributed by atoms with Crippen LogP contribution in [0.5, 0.6) is 0 Å². The zero-order valence-electron chi connectivity index (χ0n) is 14.7. The second-order valence-electron chi connectivity index (χ2n) is 7.12. The van der Waals surface area contributed by atoms with Crippen LogP contribution >= 0.6 is 0 Å². The standard InChI is InChI=1S/C26H17N/c1-3-9-20-17(7-1)15-18-8-2-4-10-21(18)26(20)19-13-14-25-23(16-19)22-11-5-6-12-24(22)27-25/h1-16,27H. The van der Waals surface area contributed by atoms with E-state index in [-0.39, 0.29) is 0 Å². The third-order valence-electron chi connectivity index (χ3n) is 5.57. The van der Waals surface area contributed by atoms with Gasteiger partial charge in [0.05, 0.1) is 0 Å². The molecule has 0 aliphatic heterocycles. The van der Waals surface area contributed by atoms with Crippen LogP contribution in [0.15, 0.2) is 97.1 Å². The number of para-hydroxylation sites is 1. The number of aromatic nitrogens is 1. The monoisotopic (exact) mass is 343 g/mol. The molecule has 0 amide bonds. The van der Waals surface area contributed by atoms with Crippen LogP contribution in [0, 0.1) is 0 Å². The van der Waals surface area contributed by atoms with Gasteiger partial charge in [0.2, 0.25) is 0 Å². The zero-order chi connectivity index (χ0) is 17.8. The molecule has 27 heavy (non-hydrogen) atoms. The first kappa shape index (κ1) is 14.6. The van der Waals surface area contributed by atoms with Crippen molar-refractivity contribution in [2.75, 3.05) is 0 Å². The molecule has 0 unspecified atom stereocenters. The number of aromatic amines is 1. The molecule has 0 spiro atoms. The first-order valence-electron chi connectivity index (χ1n) is 9.30. The van der Waals surface area contributed by atoms with E-state index in [0.29, 0.717) is 0 Å². The van der Waals surface area contributed by atoms with Gasteiger partial charge in [0.25, 0.3) is 0 Å². The molecule has 0 saturated heterocycles. The molecule has 1 aromatic heterocycles. The quantitative estimate of drug-likeness (QED) is 0.302. The first-order chi connectivity index (χ1) is 13.4. The second kappa shape index (κ2) is 5.46. The van der Waals surface area contributed by atoms with E-state index in [1.807, 2.05) is 0 Å². The summed E-state index contributed by atoms with van der Waals surface area (Å²) in [7, 11) is 0. The Balaban J connectivity index is 1.77. The third kappa shape index (κ3) is 2.12. The molecule has 1 nitrogen and oxygen atoms in total. The van der Waals surface area contributed by atoms with Gasteiger partial charge in [-0.25, -0.2) is 0 Å². The smallest absolute Gasteiger partial charge is 0.0465 e. The minimum atomic E-state index is 1.18. The Morgan fingerprint density at radius 1 is 0.444 bits per heavy atom. The average Bonchev–Trinajstić information content (AvgIpc) is 3.10. The summed E-state index contributed by atoms with van der Waals surface area (Å²) in [6.07, 6.45) is 0. The number of hydrogen-bond donors (Lipinski definition) is 1. The van der Waals surface area contributed by atoms with Gasteiger partial charge in [-0.2, -0.15) is 0 Å². The molecule has 126 valence electrons. The Morgan fingerprint density at radius 3 is 1.78 bits per heavy atom. The van der Waals surface area contributed by atoms with E-state index in [4.69, 9.17) is 0 Å². The lowest BCUT2D eigenvalue weighted by molar-refractivity contribution is 1.55. The van der Waals surface area contributed by atoms with E-state index >= 15 is 0 Å². The molecule has 1 heteroatoms. The van der Waals surface area contributed by atoms with Crippen LogP contribution in [0.2, 0.25) is 0 Å². The lowest BCUT2D eigenvalue weighted by Crippen LogP contribution is -1.85. The molecule has 1 heterocycles. The minimum absolute atomic E-state index is 1.18. The molecule has 0 fully saturated rings. The highest BCUT2D eigenvalue weighted by Crippen LogP contribution is 2.38. The molecule has 0 bridgehead atoms. The molecule has 0 aliphatic rings. The summed E-state index contributed by atoms with van der Waals surface area (Å²) in [6.45, 7) is 0. The predicted octanol–water partition coefficient (Wildman–Crippen LogP) is 7.29. The molecule has 0 atom stereocenters. The Labute approximate surface area is 156 Å². The highest BCUT2D eigenvalue weighted by atomic mass is 14.7. The molecule has 0 saturated carbocycles. The number of fused-ring (bicyclic) bond motifs is 5. The topological polar surface area (TPSA) is 15.8 Å². The van der Waals surface area contributed by atoms with Gasteiger partial charge >= 0.3 is 0 Å². The fourth-order valence-electron chi connectivity index (χ4n) is 4.33. The number of nitrogens with one attached hydrogen (secondary N) is 1. The van der Waals surface area contributed by atoms with Gasteiger partial charge in [0.15, 0.2) is 0 Å². The Kier molecular flexibility index (Phi) is 2.95. The van der Waals surface area contributed by atoms with Crippen LogP contribution in [-0.4, -0.2) is 4.98 Å². The molecule has 6 rings (SSSR count). The van der Waals surface area contributed by atoms with Crippen molar-refractivity contribution in [3.63, 3.8) is 0 Å². The molecule has 0 aliphatic carbocycles. The van der Waals surface area contributed by atoms with Crippen LogP contribution in [-0.2, 0) is 0 Å². The summed E-state index contributed by atoms with van der Waals surface area (Å²) in [5.41, 5.74) is 4.95.